The van der Waals surface area contributed by atoms with Crippen LogP contribution in [-0.2, 0) is 19.4 Å². The summed E-state index contributed by atoms with van der Waals surface area (Å²) in [6.45, 7) is -0.440. The lowest BCUT2D eigenvalue weighted by molar-refractivity contribution is -0.129. The van der Waals surface area contributed by atoms with E-state index >= 15 is 0 Å². The molecular weight excluding hydrogens is 392 g/mol. The molecule has 3 rings (SSSR count). The molecule has 0 aliphatic carbocycles. The lowest BCUT2D eigenvalue weighted by Crippen LogP contribution is -2.43. The van der Waals surface area contributed by atoms with Crippen LogP contribution in [0.2, 0.25) is 0 Å². The van der Waals surface area contributed by atoms with Crippen LogP contribution in [0.1, 0.15) is 12.0 Å². The number of carbonyl (C=O) groups excluding carboxylic acids is 3. The molecule has 2 aliphatic rings. The Kier molecular flexibility index (Phi) is 5.56. The summed E-state index contributed by atoms with van der Waals surface area (Å²) in [5.74, 6) is -0.650. The highest BCUT2D eigenvalue weighted by Crippen LogP contribution is 2.33. The molecule has 1 N–H and O–H groups in total. The molecule has 1 aromatic rings. The number of amides is 3. The third-order valence-electron chi connectivity index (χ3n) is 4.20. The van der Waals surface area contributed by atoms with E-state index in [1.165, 1.54) is 7.11 Å². The van der Waals surface area contributed by atoms with Crippen LogP contribution in [0.25, 0.3) is 6.08 Å². The highest BCUT2D eigenvalue weighted by atomic mass is 32.2. The Balaban J connectivity index is 1.67. The number of nitrogens with one attached hydrogen (secondary N) is 1. The SMILES string of the molecule is COc1ccccc1/C=C1\SC(=O)N(CC(=O)N[C@H]2CCS(=O)(=O)C2)C1=O. The van der Waals surface area contributed by atoms with Crippen LogP contribution in [0.5, 0.6) is 5.75 Å². The van der Waals surface area contributed by atoms with Crippen molar-refractivity contribution < 1.29 is 27.5 Å². The van der Waals surface area contributed by atoms with Crippen LogP contribution >= 0.6 is 11.8 Å². The smallest absolute Gasteiger partial charge is 0.294 e. The number of hydrogen-bond acceptors (Lipinski definition) is 7. The van der Waals surface area contributed by atoms with Crippen LogP contribution in [0.3, 0.4) is 0 Å². The molecule has 1 atom stereocenters. The zero-order chi connectivity index (χ0) is 19.6. The average Bonchev–Trinajstić information content (AvgIpc) is 3.08. The fraction of sp³-hybridized carbons (Fsp3) is 0.353. The number of sulfone groups is 1. The highest BCUT2D eigenvalue weighted by Gasteiger charge is 2.37. The summed E-state index contributed by atoms with van der Waals surface area (Å²) >= 11 is 0.747. The molecule has 2 saturated heterocycles. The summed E-state index contributed by atoms with van der Waals surface area (Å²) in [6.07, 6.45) is 1.88. The largest absolute Gasteiger partial charge is 0.496 e. The Labute approximate surface area is 160 Å². The van der Waals surface area contributed by atoms with Gasteiger partial charge in [-0.05, 0) is 30.3 Å². The molecule has 1 aromatic carbocycles. The van der Waals surface area contributed by atoms with E-state index in [0.717, 1.165) is 16.7 Å². The number of para-hydroxylation sites is 1. The van der Waals surface area contributed by atoms with Crippen molar-refractivity contribution in [3.05, 3.63) is 34.7 Å². The van der Waals surface area contributed by atoms with Crippen LogP contribution in [0.4, 0.5) is 4.79 Å². The van der Waals surface area contributed by atoms with Gasteiger partial charge in [-0.1, -0.05) is 18.2 Å². The number of hydrogen-bond donors (Lipinski definition) is 1. The molecule has 0 saturated carbocycles. The monoisotopic (exact) mass is 410 g/mol. The maximum absolute atomic E-state index is 12.5. The second-order valence-electron chi connectivity index (χ2n) is 6.18. The highest BCUT2D eigenvalue weighted by molar-refractivity contribution is 8.18. The molecule has 0 spiro atoms. The summed E-state index contributed by atoms with van der Waals surface area (Å²) in [5.41, 5.74) is 0.645. The van der Waals surface area contributed by atoms with Gasteiger partial charge in [0.25, 0.3) is 11.1 Å². The number of carbonyl (C=O) groups is 3. The minimum atomic E-state index is -3.13. The first kappa shape index (κ1) is 19.4. The topological polar surface area (TPSA) is 110 Å². The molecule has 27 heavy (non-hydrogen) atoms. The van der Waals surface area contributed by atoms with Gasteiger partial charge in [-0.3, -0.25) is 19.3 Å². The standard InChI is InChI=1S/C17H18N2O6S2/c1-25-13-5-3-2-4-11(13)8-14-16(21)19(17(22)26-14)9-15(20)18-12-6-7-27(23,24)10-12/h2-5,8,12H,6-7,9-10H2,1H3,(H,18,20)/b14-8-/t12-/m0/s1. The minimum absolute atomic E-state index is 0.0289. The first-order valence-corrected chi connectivity index (χ1v) is 10.8. The number of ether oxygens (including phenoxy) is 1. The van der Waals surface area contributed by atoms with Crippen molar-refractivity contribution in [2.45, 2.75) is 12.5 Å². The fourth-order valence-electron chi connectivity index (χ4n) is 2.89. The fourth-order valence-corrected chi connectivity index (χ4v) is 5.39. The number of benzene rings is 1. The van der Waals surface area contributed by atoms with Crippen molar-refractivity contribution in [1.82, 2.24) is 10.2 Å². The average molecular weight is 410 g/mol. The summed E-state index contributed by atoms with van der Waals surface area (Å²) in [5, 5.41) is 2.03. The predicted molar refractivity (Wildman–Crippen MR) is 101 cm³/mol. The van der Waals surface area contributed by atoms with Gasteiger partial charge in [0.2, 0.25) is 5.91 Å². The van der Waals surface area contributed by atoms with E-state index in [4.69, 9.17) is 4.74 Å². The number of nitrogens with zero attached hydrogens (tertiary/aromatic N) is 1. The predicted octanol–water partition coefficient (Wildman–Crippen LogP) is 1.03. The third kappa shape index (κ3) is 4.51. The van der Waals surface area contributed by atoms with Gasteiger partial charge in [0.15, 0.2) is 9.84 Å². The second kappa shape index (κ2) is 7.73. The summed E-state index contributed by atoms with van der Waals surface area (Å²) in [6, 6.07) is 6.57. The molecule has 144 valence electrons. The van der Waals surface area contributed by atoms with Crippen molar-refractivity contribution in [2.75, 3.05) is 25.2 Å². The van der Waals surface area contributed by atoms with E-state index in [0.29, 0.717) is 17.7 Å². The third-order valence-corrected chi connectivity index (χ3v) is 6.87. The van der Waals surface area contributed by atoms with Crippen molar-refractivity contribution >= 4 is 44.7 Å². The first-order chi connectivity index (χ1) is 12.8. The minimum Gasteiger partial charge on any atom is -0.496 e. The Morgan fingerprint density at radius 3 is 2.78 bits per heavy atom. The second-order valence-corrected chi connectivity index (χ2v) is 9.40. The summed E-state index contributed by atoms with van der Waals surface area (Å²) < 4.78 is 28.1. The van der Waals surface area contributed by atoms with Crippen molar-refractivity contribution in [3.8, 4) is 5.75 Å². The zero-order valence-corrected chi connectivity index (χ0v) is 16.1. The van der Waals surface area contributed by atoms with Crippen LogP contribution in [0, 0.1) is 0 Å². The molecule has 2 fully saturated rings. The lowest BCUT2D eigenvalue weighted by Gasteiger charge is -2.15. The van der Waals surface area contributed by atoms with E-state index in [2.05, 4.69) is 5.32 Å². The normalized spacial score (nSPS) is 23.1. The van der Waals surface area contributed by atoms with Gasteiger partial charge in [-0.2, -0.15) is 0 Å². The van der Waals surface area contributed by atoms with Gasteiger partial charge in [0.05, 0.1) is 23.5 Å². The Hall–Kier alpha value is -2.33. The van der Waals surface area contributed by atoms with Crippen LogP contribution in [-0.4, -0.2) is 61.6 Å². The summed E-state index contributed by atoms with van der Waals surface area (Å²) in [7, 11) is -1.62. The van der Waals surface area contributed by atoms with Crippen molar-refractivity contribution in [2.24, 2.45) is 0 Å². The van der Waals surface area contributed by atoms with E-state index in [1.54, 1.807) is 30.3 Å². The Morgan fingerprint density at radius 1 is 1.37 bits per heavy atom. The lowest BCUT2D eigenvalue weighted by atomic mass is 10.2. The Morgan fingerprint density at radius 2 is 2.11 bits per heavy atom. The van der Waals surface area contributed by atoms with E-state index < -0.39 is 39.5 Å². The van der Waals surface area contributed by atoms with Crippen LogP contribution < -0.4 is 10.1 Å². The van der Waals surface area contributed by atoms with Crippen LogP contribution in [0.15, 0.2) is 29.2 Å². The van der Waals surface area contributed by atoms with E-state index in [9.17, 15) is 22.8 Å². The molecular formula is C17H18N2O6S2. The molecule has 0 aromatic heterocycles. The molecule has 10 heteroatoms. The number of rotatable bonds is 5. The molecule has 2 aliphatic heterocycles. The Bertz CT molecular complexity index is 925. The molecule has 0 radical (unpaired) electrons. The van der Waals surface area contributed by atoms with Gasteiger partial charge in [0, 0.05) is 11.6 Å². The maximum Gasteiger partial charge on any atom is 0.294 e. The molecule has 3 amide bonds. The van der Waals surface area contributed by atoms with Crippen molar-refractivity contribution in [3.63, 3.8) is 0 Å². The van der Waals surface area contributed by atoms with Gasteiger partial charge in [0.1, 0.15) is 12.3 Å². The maximum atomic E-state index is 12.5. The molecule has 0 bridgehead atoms. The zero-order valence-electron chi connectivity index (χ0n) is 14.5. The number of methoxy groups -OCH3 is 1. The van der Waals surface area contributed by atoms with E-state index in [-0.39, 0.29) is 16.4 Å². The molecule has 0 unspecified atom stereocenters. The first-order valence-electron chi connectivity index (χ1n) is 8.17. The van der Waals surface area contributed by atoms with Gasteiger partial charge in [-0.25, -0.2) is 8.42 Å². The van der Waals surface area contributed by atoms with Gasteiger partial charge >= 0.3 is 0 Å². The quantitative estimate of drug-likeness (QED) is 0.722. The van der Waals surface area contributed by atoms with E-state index in [1.807, 2.05) is 0 Å². The van der Waals surface area contributed by atoms with Gasteiger partial charge < -0.3 is 10.1 Å². The number of thioether (sulfide) groups is 1. The number of imide groups is 1. The van der Waals surface area contributed by atoms with Gasteiger partial charge in [-0.15, -0.1) is 0 Å². The van der Waals surface area contributed by atoms with Crippen molar-refractivity contribution in [1.29, 1.82) is 0 Å². The summed E-state index contributed by atoms with van der Waals surface area (Å²) in [4.78, 5) is 37.8. The molecule has 8 nitrogen and oxygen atoms in total. The molecule has 2 heterocycles.